The van der Waals surface area contributed by atoms with Gasteiger partial charge in [0.1, 0.15) is 19.2 Å². The third-order valence-corrected chi connectivity index (χ3v) is 3.82. The Kier molecular flexibility index (Phi) is 5.12. The van der Waals surface area contributed by atoms with Crippen LogP contribution < -0.4 is 0 Å². The van der Waals surface area contributed by atoms with Crippen LogP contribution in [0.3, 0.4) is 0 Å². The van der Waals surface area contributed by atoms with Crippen molar-refractivity contribution in [2.45, 2.75) is 31.5 Å². The summed E-state index contributed by atoms with van der Waals surface area (Å²) in [6.07, 6.45) is -4.08. The molecule has 2 fully saturated rings. The molecular formula is C13H18F3N3O4. The Morgan fingerprint density at radius 3 is 2.57 bits per heavy atom. The Morgan fingerprint density at radius 1 is 1.22 bits per heavy atom. The van der Waals surface area contributed by atoms with Gasteiger partial charge in [0.25, 0.3) is 5.91 Å². The molecule has 2 aliphatic heterocycles. The Bertz CT molecular complexity index is 497. The van der Waals surface area contributed by atoms with Crippen LogP contribution in [-0.2, 0) is 14.4 Å². The van der Waals surface area contributed by atoms with Gasteiger partial charge in [-0.3, -0.25) is 14.4 Å². The van der Waals surface area contributed by atoms with Gasteiger partial charge in [-0.2, -0.15) is 13.2 Å². The molecule has 2 heterocycles. The molecule has 2 saturated heterocycles. The van der Waals surface area contributed by atoms with Gasteiger partial charge in [0.05, 0.1) is 13.2 Å². The number of alkyl halides is 3. The minimum absolute atomic E-state index is 0.301. The van der Waals surface area contributed by atoms with Gasteiger partial charge in [0.2, 0.25) is 11.8 Å². The van der Waals surface area contributed by atoms with Gasteiger partial charge in [-0.15, -0.1) is 0 Å². The molecule has 0 aromatic heterocycles. The standard InChI is InChI=1S/C13H18F3N3O4/c14-13(15,16)7-19-8-18(6-11(19)22)10(21)5-17-4-2-1-3-9(20)12(17)23/h9,20H,1-8H2. The van der Waals surface area contributed by atoms with E-state index in [-0.39, 0.29) is 6.54 Å². The normalized spacial score (nSPS) is 23.5. The van der Waals surface area contributed by atoms with Crippen molar-refractivity contribution in [2.24, 2.45) is 0 Å². The van der Waals surface area contributed by atoms with Crippen molar-refractivity contribution in [1.29, 1.82) is 0 Å². The topological polar surface area (TPSA) is 81.2 Å². The van der Waals surface area contributed by atoms with E-state index in [9.17, 15) is 32.7 Å². The highest BCUT2D eigenvalue weighted by atomic mass is 19.4. The Morgan fingerprint density at radius 2 is 1.91 bits per heavy atom. The number of likely N-dealkylation sites (tertiary alicyclic amines) is 1. The quantitative estimate of drug-likeness (QED) is 0.756. The molecule has 10 heteroatoms. The van der Waals surface area contributed by atoms with E-state index in [1.165, 1.54) is 4.90 Å². The maximum Gasteiger partial charge on any atom is 0.406 e. The van der Waals surface area contributed by atoms with Gasteiger partial charge in [-0.05, 0) is 19.3 Å². The number of halogens is 3. The predicted octanol–water partition coefficient (Wildman–Crippen LogP) is -0.450. The van der Waals surface area contributed by atoms with E-state index < -0.39 is 49.8 Å². The molecule has 0 aromatic rings. The van der Waals surface area contributed by atoms with Gasteiger partial charge in [0, 0.05) is 6.54 Å². The van der Waals surface area contributed by atoms with Crippen LogP contribution in [0.5, 0.6) is 0 Å². The van der Waals surface area contributed by atoms with Crippen LogP contribution in [-0.4, -0.2) is 82.7 Å². The molecular weight excluding hydrogens is 319 g/mol. The molecule has 0 spiro atoms. The summed E-state index contributed by atoms with van der Waals surface area (Å²) in [5.41, 5.74) is 0. The van der Waals surface area contributed by atoms with Crippen molar-refractivity contribution in [1.82, 2.24) is 14.7 Å². The lowest BCUT2D eigenvalue weighted by atomic mass is 10.2. The van der Waals surface area contributed by atoms with Crippen LogP contribution in [0.1, 0.15) is 19.3 Å². The van der Waals surface area contributed by atoms with E-state index in [0.29, 0.717) is 30.7 Å². The molecule has 0 aliphatic carbocycles. The Balaban J connectivity index is 1.93. The largest absolute Gasteiger partial charge is 0.406 e. The molecule has 1 atom stereocenters. The number of aliphatic hydroxyl groups is 1. The number of carbonyl (C=O) groups is 3. The summed E-state index contributed by atoms with van der Waals surface area (Å²) in [7, 11) is 0. The highest BCUT2D eigenvalue weighted by Crippen LogP contribution is 2.20. The van der Waals surface area contributed by atoms with E-state index in [1.807, 2.05) is 0 Å². The number of aliphatic hydroxyl groups excluding tert-OH is 1. The fraction of sp³-hybridized carbons (Fsp3) is 0.769. The van der Waals surface area contributed by atoms with Crippen LogP contribution in [0.2, 0.25) is 0 Å². The number of hydrogen-bond acceptors (Lipinski definition) is 4. The number of hydrogen-bond donors (Lipinski definition) is 1. The highest BCUT2D eigenvalue weighted by molar-refractivity contribution is 5.91. The average Bonchev–Trinajstić information content (AvgIpc) is 2.72. The molecule has 2 rings (SSSR count). The lowest BCUT2D eigenvalue weighted by Crippen LogP contribution is -2.45. The SMILES string of the molecule is O=C(CN1CCCCC(O)C1=O)N1CC(=O)N(CC(F)(F)F)C1. The smallest absolute Gasteiger partial charge is 0.383 e. The Labute approximate surface area is 130 Å². The second-order valence-corrected chi connectivity index (χ2v) is 5.71. The third kappa shape index (κ3) is 4.57. The molecule has 1 unspecified atom stereocenters. The van der Waals surface area contributed by atoms with Crippen molar-refractivity contribution < 1.29 is 32.7 Å². The summed E-state index contributed by atoms with van der Waals surface area (Å²) in [4.78, 5) is 38.3. The molecule has 1 N–H and O–H groups in total. The minimum Gasteiger partial charge on any atom is -0.383 e. The lowest BCUT2D eigenvalue weighted by Gasteiger charge is -2.25. The molecule has 0 radical (unpaired) electrons. The molecule has 23 heavy (non-hydrogen) atoms. The first-order valence-electron chi connectivity index (χ1n) is 7.26. The van der Waals surface area contributed by atoms with Crippen LogP contribution in [0.4, 0.5) is 13.2 Å². The molecule has 7 nitrogen and oxygen atoms in total. The average molecular weight is 337 g/mol. The van der Waals surface area contributed by atoms with E-state index in [1.54, 1.807) is 0 Å². The maximum absolute atomic E-state index is 12.3. The predicted molar refractivity (Wildman–Crippen MR) is 70.8 cm³/mol. The first kappa shape index (κ1) is 17.5. The van der Waals surface area contributed by atoms with Crippen molar-refractivity contribution in [3.05, 3.63) is 0 Å². The highest BCUT2D eigenvalue weighted by Gasteiger charge is 2.39. The minimum atomic E-state index is -4.53. The first-order valence-corrected chi connectivity index (χ1v) is 7.26. The van der Waals surface area contributed by atoms with Crippen LogP contribution in [0.15, 0.2) is 0 Å². The van der Waals surface area contributed by atoms with Crippen molar-refractivity contribution in [2.75, 3.05) is 32.8 Å². The number of nitrogens with zero attached hydrogens (tertiary/aromatic N) is 3. The van der Waals surface area contributed by atoms with Gasteiger partial charge in [0.15, 0.2) is 0 Å². The summed E-state index contributed by atoms with van der Waals surface area (Å²) in [6.45, 7) is -2.32. The molecule has 0 aromatic carbocycles. The maximum atomic E-state index is 12.3. The molecule has 2 aliphatic rings. The summed E-state index contributed by atoms with van der Waals surface area (Å²) < 4.78 is 37.0. The van der Waals surface area contributed by atoms with Gasteiger partial charge < -0.3 is 19.8 Å². The zero-order chi connectivity index (χ0) is 17.2. The van der Waals surface area contributed by atoms with Crippen LogP contribution in [0.25, 0.3) is 0 Å². The second-order valence-electron chi connectivity index (χ2n) is 5.71. The third-order valence-electron chi connectivity index (χ3n) is 3.82. The fourth-order valence-electron chi connectivity index (χ4n) is 2.62. The van der Waals surface area contributed by atoms with E-state index >= 15 is 0 Å². The monoisotopic (exact) mass is 337 g/mol. The van der Waals surface area contributed by atoms with E-state index in [0.717, 1.165) is 4.90 Å². The summed E-state index contributed by atoms with van der Waals surface area (Å²) >= 11 is 0. The summed E-state index contributed by atoms with van der Waals surface area (Å²) in [5, 5.41) is 9.61. The number of amides is 3. The first-order chi connectivity index (χ1) is 10.7. The Hall–Kier alpha value is -1.84. The summed E-state index contributed by atoms with van der Waals surface area (Å²) in [6, 6.07) is 0. The number of carbonyl (C=O) groups excluding carboxylic acids is 3. The van der Waals surface area contributed by atoms with Crippen molar-refractivity contribution in [3.8, 4) is 0 Å². The second kappa shape index (κ2) is 6.73. The van der Waals surface area contributed by atoms with Gasteiger partial charge >= 0.3 is 6.18 Å². The van der Waals surface area contributed by atoms with E-state index in [2.05, 4.69) is 0 Å². The molecule has 3 amide bonds. The van der Waals surface area contributed by atoms with Crippen LogP contribution >= 0.6 is 0 Å². The lowest BCUT2D eigenvalue weighted by molar-refractivity contribution is -0.158. The van der Waals surface area contributed by atoms with Crippen molar-refractivity contribution in [3.63, 3.8) is 0 Å². The zero-order valence-corrected chi connectivity index (χ0v) is 12.4. The van der Waals surface area contributed by atoms with Gasteiger partial charge in [-0.25, -0.2) is 0 Å². The number of rotatable bonds is 3. The van der Waals surface area contributed by atoms with E-state index in [4.69, 9.17) is 0 Å². The summed E-state index contributed by atoms with van der Waals surface area (Å²) in [5.74, 6) is -1.95. The van der Waals surface area contributed by atoms with Crippen molar-refractivity contribution >= 4 is 17.7 Å². The molecule has 0 bridgehead atoms. The molecule has 130 valence electrons. The zero-order valence-electron chi connectivity index (χ0n) is 12.4. The van der Waals surface area contributed by atoms with Crippen LogP contribution in [0, 0.1) is 0 Å². The molecule has 0 saturated carbocycles. The van der Waals surface area contributed by atoms with Gasteiger partial charge in [-0.1, -0.05) is 0 Å². The fourth-order valence-corrected chi connectivity index (χ4v) is 2.62.